The number of ether oxygens (including phenoxy) is 2. The van der Waals surface area contributed by atoms with Crippen molar-refractivity contribution in [1.82, 2.24) is 10.3 Å². The Morgan fingerprint density at radius 1 is 1.21 bits per heavy atom. The molecule has 0 bridgehead atoms. The number of sulfonamides is 1. The molecule has 2 heterocycles. The summed E-state index contributed by atoms with van der Waals surface area (Å²) in [5.41, 5.74) is 5.03. The van der Waals surface area contributed by atoms with E-state index in [9.17, 15) is 13.5 Å². The van der Waals surface area contributed by atoms with Gasteiger partial charge in [0.2, 0.25) is 10.0 Å². The van der Waals surface area contributed by atoms with Crippen molar-refractivity contribution in [3.8, 4) is 11.5 Å². The Balaban J connectivity index is 1.13. The van der Waals surface area contributed by atoms with Gasteiger partial charge in [0, 0.05) is 35.8 Å². The number of anilines is 1. The molecule has 1 atom stereocenters. The van der Waals surface area contributed by atoms with Crippen LogP contribution in [-0.2, 0) is 22.9 Å². The topological polar surface area (TPSA) is 104 Å². The minimum absolute atomic E-state index is 0.0415. The van der Waals surface area contributed by atoms with E-state index in [4.69, 9.17) is 9.47 Å². The highest BCUT2D eigenvalue weighted by atomic mass is 32.2. The van der Waals surface area contributed by atoms with Crippen LogP contribution in [0.2, 0.25) is 0 Å². The maximum atomic E-state index is 11.9. The van der Waals surface area contributed by atoms with Gasteiger partial charge in [-0.1, -0.05) is 6.07 Å². The largest absolute Gasteiger partial charge is 0.492 e. The number of hydrogen-bond acceptors (Lipinski definition) is 6. The standard InChI is InChI=1S/C24H29N3O5S/c1-33(29,30)27-15-32-24-9-6-16(12-22(24)27)23(28)14-25-10-11-31-17-7-8-19-18-4-2-3-5-20(18)26-21(19)13-17/h6-9,12-13,23,25-26,28H,2-5,10-11,14-15H2,1H3/t23-/m0/s1. The lowest BCUT2D eigenvalue weighted by Crippen LogP contribution is -2.29. The molecule has 0 saturated carbocycles. The second-order valence-electron chi connectivity index (χ2n) is 8.68. The predicted molar refractivity (Wildman–Crippen MR) is 128 cm³/mol. The number of aryl methyl sites for hydroxylation is 2. The second kappa shape index (κ2) is 8.89. The number of fused-ring (bicyclic) bond motifs is 4. The van der Waals surface area contributed by atoms with Crippen molar-refractivity contribution in [3.63, 3.8) is 0 Å². The molecule has 0 fully saturated rings. The molecule has 8 nitrogen and oxygen atoms in total. The first kappa shape index (κ1) is 22.1. The molecule has 3 N–H and O–H groups in total. The number of aromatic amines is 1. The molecular weight excluding hydrogens is 442 g/mol. The molecule has 2 aliphatic rings. The normalized spacial score (nSPS) is 16.4. The molecule has 0 saturated heterocycles. The van der Waals surface area contributed by atoms with E-state index in [1.807, 2.05) is 6.07 Å². The molecule has 0 unspecified atom stereocenters. The molecular formula is C24H29N3O5S. The molecule has 1 aliphatic carbocycles. The lowest BCUT2D eigenvalue weighted by Gasteiger charge is -2.16. The first-order valence-corrected chi connectivity index (χ1v) is 13.1. The number of aliphatic hydroxyl groups excluding tert-OH is 1. The highest BCUT2D eigenvalue weighted by Gasteiger charge is 2.28. The number of aliphatic hydroxyl groups is 1. The van der Waals surface area contributed by atoms with Crippen LogP contribution < -0.4 is 19.1 Å². The number of rotatable bonds is 8. The first-order chi connectivity index (χ1) is 15.9. The van der Waals surface area contributed by atoms with Gasteiger partial charge in [-0.25, -0.2) is 12.7 Å². The zero-order valence-corrected chi connectivity index (χ0v) is 19.5. The van der Waals surface area contributed by atoms with Crippen LogP contribution in [-0.4, -0.2) is 51.2 Å². The summed E-state index contributed by atoms with van der Waals surface area (Å²) < 4.78 is 36.3. The Kier molecular flexibility index (Phi) is 5.94. The third kappa shape index (κ3) is 4.53. The number of hydrogen-bond donors (Lipinski definition) is 3. The van der Waals surface area contributed by atoms with Crippen molar-refractivity contribution in [2.45, 2.75) is 31.8 Å². The van der Waals surface area contributed by atoms with Crippen LogP contribution in [0.4, 0.5) is 5.69 Å². The second-order valence-corrected chi connectivity index (χ2v) is 10.6. The summed E-state index contributed by atoms with van der Waals surface area (Å²) in [7, 11) is -3.43. The third-order valence-electron chi connectivity index (χ3n) is 6.33. The Morgan fingerprint density at radius 2 is 2.06 bits per heavy atom. The average Bonchev–Trinajstić information content (AvgIpc) is 3.39. The van der Waals surface area contributed by atoms with E-state index in [1.54, 1.807) is 18.2 Å². The predicted octanol–water partition coefficient (Wildman–Crippen LogP) is 2.86. The number of aromatic nitrogens is 1. The van der Waals surface area contributed by atoms with Crippen molar-refractivity contribution >= 4 is 26.6 Å². The zero-order chi connectivity index (χ0) is 23.0. The van der Waals surface area contributed by atoms with Gasteiger partial charge >= 0.3 is 0 Å². The lowest BCUT2D eigenvalue weighted by atomic mass is 9.96. The van der Waals surface area contributed by atoms with Crippen molar-refractivity contribution in [1.29, 1.82) is 0 Å². The summed E-state index contributed by atoms with van der Waals surface area (Å²) in [6.07, 6.45) is 5.12. The third-order valence-corrected chi connectivity index (χ3v) is 7.43. The summed E-state index contributed by atoms with van der Waals surface area (Å²) in [6.45, 7) is 1.32. The molecule has 2 aromatic carbocycles. The van der Waals surface area contributed by atoms with Gasteiger partial charge in [-0.15, -0.1) is 0 Å². The highest BCUT2D eigenvalue weighted by molar-refractivity contribution is 7.92. The van der Waals surface area contributed by atoms with E-state index in [0.717, 1.165) is 30.4 Å². The fourth-order valence-electron chi connectivity index (χ4n) is 4.61. The van der Waals surface area contributed by atoms with Gasteiger partial charge in [0.25, 0.3) is 0 Å². The molecule has 176 valence electrons. The van der Waals surface area contributed by atoms with Gasteiger partial charge < -0.3 is 24.9 Å². The lowest BCUT2D eigenvalue weighted by molar-refractivity contribution is 0.172. The Bertz CT molecular complexity index is 1270. The molecule has 33 heavy (non-hydrogen) atoms. The molecule has 9 heteroatoms. The summed E-state index contributed by atoms with van der Waals surface area (Å²) in [6, 6.07) is 11.3. The van der Waals surface area contributed by atoms with Crippen LogP contribution in [0.3, 0.4) is 0 Å². The summed E-state index contributed by atoms with van der Waals surface area (Å²) in [4.78, 5) is 3.54. The molecule has 1 aliphatic heterocycles. The maximum absolute atomic E-state index is 11.9. The Morgan fingerprint density at radius 3 is 2.91 bits per heavy atom. The van der Waals surface area contributed by atoms with Gasteiger partial charge in [0.05, 0.1) is 18.0 Å². The zero-order valence-electron chi connectivity index (χ0n) is 18.6. The fourth-order valence-corrected chi connectivity index (χ4v) is 5.36. The molecule has 3 aromatic rings. The molecule has 0 amide bonds. The maximum Gasteiger partial charge on any atom is 0.235 e. The monoisotopic (exact) mass is 471 g/mol. The van der Waals surface area contributed by atoms with Crippen molar-refractivity contribution in [2.24, 2.45) is 0 Å². The van der Waals surface area contributed by atoms with Crippen LogP contribution in [0, 0.1) is 0 Å². The molecule has 0 radical (unpaired) electrons. The van der Waals surface area contributed by atoms with E-state index in [0.29, 0.717) is 36.7 Å². The van der Waals surface area contributed by atoms with E-state index in [2.05, 4.69) is 22.4 Å². The van der Waals surface area contributed by atoms with Gasteiger partial charge in [0.1, 0.15) is 18.1 Å². The Labute approximate surface area is 193 Å². The minimum atomic E-state index is -3.43. The molecule has 1 aromatic heterocycles. The summed E-state index contributed by atoms with van der Waals surface area (Å²) in [5, 5.41) is 15.0. The molecule has 0 spiro atoms. The van der Waals surface area contributed by atoms with Crippen LogP contribution in [0.15, 0.2) is 36.4 Å². The van der Waals surface area contributed by atoms with Gasteiger partial charge in [0.15, 0.2) is 6.73 Å². The van der Waals surface area contributed by atoms with Crippen LogP contribution in [0.1, 0.15) is 35.8 Å². The van der Waals surface area contributed by atoms with Crippen molar-refractivity contribution < 1.29 is 23.0 Å². The van der Waals surface area contributed by atoms with E-state index >= 15 is 0 Å². The van der Waals surface area contributed by atoms with Crippen molar-refractivity contribution in [3.05, 3.63) is 53.2 Å². The van der Waals surface area contributed by atoms with Crippen molar-refractivity contribution in [2.75, 3.05) is 37.0 Å². The van der Waals surface area contributed by atoms with E-state index in [-0.39, 0.29) is 6.73 Å². The number of benzene rings is 2. The highest BCUT2D eigenvalue weighted by Crippen LogP contribution is 2.37. The smallest absolute Gasteiger partial charge is 0.235 e. The number of H-pyrrole nitrogens is 1. The summed E-state index contributed by atoms with van der Waals surface area (Å²) in [5.74, 6) is 1.32. The van der Waals surface area contributed by atoms with Crippen LogP contribution in [0.5, 0.6) is 11.5 Å². The SMILES string of the molecule is CS(=O)(=O)N1COc2ccc([C@@H](O)CNCCOc3ccc4c5c([nH]c4c3)CCCC5)cc21. The Hall–Kier alpha value is -2.75. The first-order valence-electron chi connectivity index (χ1n) is 11.3. The minimum Gasteiger partial charge on any atom is -0.492 e. The quantitative estimate of drug-likeness (QED) is 0.437. The van der Waals surface area contributed by atoms with Gasteiger partial charge in [-0.05, 0) is 61.1 Å². The van der Waals surface area contributed by atoms with E-state index in [1.165, 1.54) is 33.8 Å². The number of nitrogens with one attached hydrogen (secondary N) is 2. The van der Waals surface area contributed by atoms with Gasteiger partial charge in [-0.2, -0.15) is 0 Å². The van der Waals surface area contributed by atoms with Crippen LogP contribution in [0.25, 0.3) is 10.9 Å². The van der Waals surface area contributed by atoms with E-state index < -0.39 is 16.1 Å². The van der Waals surface area contributed by atoms with Crippen LogP contribution >= 0.6 is 0 Å². The van der Waals surface area contributed by atoms with Gasteiger partial charge in [-0.3, -0.25) is 0 Å². The fraction of sp³-hybridized carbons (Fsp3) is 0.417. The molecule has 5 rings (SSSR count). The summed E-state index contributed by atoms with van der Waals surface area (Å²) >= 11 is 0. The number of nitrogens with zero attached hydrogens (tertiary/aromatic N) is 1. The average molecular weight is 472 g/mol.